The molecule has 1 N–H and O–H groups in total. The average Bonchev–Trinajstić information content (AvgIpc) is 3.17. The number of carbonyl (C=O) groups excluding carboxylic acids is 1. The highest BCUT2D eigenvalue weighted by atomic mass is 32.1. The third-order valence-corrected chi connectivity index (χ3v) is 4.43. The van der Waals surface area contributed by atoms with Gasteiger partial charge in [0.05, 0.1) is 6.26 Å². The number of carboxylic acids is 1. The molecule has 1 aliphatic rings. The average molecular weight is 306 g/mol. The number of carbonyl (C=O) groups is 2. The normalized spacial score (nSPS) is 18.7. The summed E-state index contributed by atoms with van der Waals surface area (Å²) in [4.78, 5) is 29.5. The predicted octanol–water partition coefficient (Wildman–Crippen LogP) is 2.48. The van der Waals surface area contributed by atoms with E-state index in [1.165, 1.54) is 16.2 Å². The number of hydrogen-bond acceptors (Lipinski definition) is 5. The SMILES string of the molecule is O=C(O)[C@H]1CCCCN1C(=O)c1csc(-c2ccoc2)n1. The highest BCUT2D eigenvalue weighted by Gasteiger charge is 2.33. The van der Waals surface area contributed by atoms with Crippen LogP contribution in [0, 0.1) is 0 Å². The van der Waals surface area contributed by atoms with E-state index >= 15 is 0 Å². The fraction of sp³-hybridized carbons (Fsp3) is 0.357. The maximum Gasteiger partial charge on any atom is 0.326 e. The molecule has 1 amide bonds. The molecule has 1 fully saturated rings. The Bertz CT molecular complexity index is 650. The third kappa shape index (κ3) is 2.69. The molecule has 0 bridgehead atoms. The van der Waals surface area contributed by atoms with E-state index in [0.29, 0.717) is 23.7 Å². The van der Waals surface area contributed by atoms with E-state index in [0.717, 1.165) is 18.4 Å². The van der Waals surface area contributed by atoms with Gasteiger partial charge in [-0.05, 0) is 25.3 Å². The van der Waals surface area contributed by atoms with Gasteiger partial charge >= 0.3 is 5.97 Å². The Kier molecular flexibility index (Phi) is 3.74. The quantitative estimate of drug-likeness (QED) is 0.941. The first kappa shape index (κ1) is 13.8. The van der Waals surface area contributed by atoms with Crippen molar-refractivity contribution in [1.29, 1.82) is 0 Å². The molecule has 21 heavy (non-hydrogen) atoms. The number of thiazole rings is 1. The van der Waals surface area contributed by atoms with Gasteiger partial charge in [-0.25, -0.2) is 9.78 Å². The molecule has 0 saturated carbocycles. The van der Waals surface area contributed by atoms with E-state index in [1.54, 1.807) is 24.0 Å². The number of rotatable bonds is 3. The molecule has 3 heterocycles. The summed E-state index contributed by atoms with van der Waals surface area (Å²) in [5.41, 5.74) is 1.11. The van der Waals surface area contributed by atoms with Gasteiger partial charge < -0.3 is 14.4 Å². The first-order valence-electron chi connectivity index (χ1n) is 6.68. The molecular formula is C14H14N2O4S. The lowest BCUT2D eigenvalue weighted by Gasteiger charge is -2.32. The number of amides is 1. The molecule has 0 unspecified atom stereocenters. The number of furan rings is 1. The molecule has 0 spiro atoms. The van der Waals surface area contributed by atoms with Crippen LogP contribution < -0.4 is 0 Å². The molecule has 1 aliphatic heterocycles. The second-order valence-electron chi connectivity index (χ2n) is 4.90. The van der Waals surface area contributed by atoms with Gasteiger partial charge in [0, 0.05) is 17.5 Å². The van der Waals surface area contributed by atoms with Gasteiger partial charge in [0.1, 0.15) is 23.0 Å². The fourth-order valence-corrected chi connectivity index (χ4v) is 3.25. The number of carboxylic acid groups (broad SMARTS) is 1. The summed E-state index contributed by atoms with van der Waals surface area (Å²) in [7, 11) is 0. The van der Waals surface area contributed by atoms with Gasteiger partial charge in [0.2, 0.25) is 0 Å². The van der Waals surface area contributed by atoms with Crippen LogP contribution in [0.2, 0.25) is 0 Å². The van der Waals surface area contributed by atoms with Gasteiger partial charge in [-0.1, -0.05) is 0 Å². The molecular weight excluding hydrogens is 292 g/mol. The second-order valence-corrected chi connectivity index (χ2v) is 5.76. The molecule has 7 heteroatoms. The summed E-state index contributed by atoms with van der Waals surface area (Å²) >= 11 is 1.34. The van der Waals surface area contributed by atoms with Crippen LogP contribution in [-0.2, 0) is 4.79 Å². The molecule has 1 saturated heterocycles. The van der Waals surface area contributed by atoms with E-state index in [9.17, 15) is 14.7 Å². The van der Waals surface area contributed by atoms with Crippen LogP contribution >= 0.6 is 11.3 Å². The first-order chi connectivity index (χ1) is 10.2. The predicted molar refractivity (Wildman–Crippen MR) is 76.1 cm³/mol. The smallest absolute Gasteiger partial charge is 0.326 e. The van der Waals surface area contributed by atoms with Gasteiger partial charge in [-0.2, -0.15) is 0 Å². The monoisotopic (exact) mass is 306 g/mol. The van der Waals surface area contributed by atoms with Crippen molar-refractivity contribution < 1.29 is 19.1 Å². The maximum absolute atomic E-state index is 12.5. The zero-order valence-corrected chi connectivity index (χ0v) is 12.0. The minimum Gasteiger partial charge on any atom is -0.480 e. The van der Waals surface area contributed by atoms with Gasteiger partial charge in [-0.3, -0.25) is 4.79 Å². The van der Waals surface area contributed by atoms with Gasteiger partial charge in [-0.15, -0.1) is 11.3 Å². The van der Waals surface area contributed by atoms with E-state index in [2.05, 4.69) is 4.98 Å². The Labute approximate surface area is 125 Å². The van der Waals surface area contributed by atoms with Crippen LogP contribution in [-0.4, -0.2) is 39.5 Å². The molecule has 0 aliphatic carbocycles. The lowest BCUT2D eigenvalue weighted by molar-refractivity contribution is -0.143. The topological polar surface area (TPSA) is 83.6 Å². The number of aliphatic carboxylic acids is 1. The molecule has 1 atom stereocenters. The van der Waals surface area contributed by atoms with Crippen molar-refractivity contribution in [2.45, 2.75) is 25.3 Å². The summed E-state index contributed by atoms with van der Waals surface area (Å²) in [6, 6.07) is 1.03. The lowest BCUT2D eigenvalue weighted by Crippen LogP contribution is -2.48. The van der Waals surface area contributed by atoms with Crippen LogP contribution in [0.3, 0.4) is 0 Å². The van der Waals surface area contributed by atoms with Crippen LogP contribution in [0.4, 0.5) is 0 Å². The first-order valence-corrected chi connectivity index (χ1v) is 7.56. The molecule has 3 rings (SSSR count). The Morgan fingerprint density at radius 3 is 3.00 bits per heavy atom. The molecule has 0 aromatic carbocycles. The maximum atomic E-state index is 12.5. The lowest BCUT2D eigenvalue weighted by atomic mass is 10.0. The Morgan fingerprint density at radius 1 is 1.43 bits per heavy atom. The van der Waals surface area contributed by atoms with Crippen molar-refractivity contribution in [2.75, 3.05) is 6.54 Å². The number of aromatic nitrogens is 1. The van der Waals surface area contributed by atoms with Crippen molar-refractivity contribution in [3.63, 3.8) is 0 Å². The summed E-state index contributed by atoms with van der Waals surface area (Å²) in [5, 5.41) is 11.6. The molecule has 2 aromatic heterocycles. The van der Waals surface area contributed by atoms with Crippen molar-refractivity contribution in [3.05, 3.63) is 29.7 Å². The number of nitrogens with zero attached hydrogens (tertiary/aromatic N) is 2. The Hall–Kier alpha value is -2.15. The third-order valence-electron chi connectivity index (χ3n) is 3.54. The Morgan fingerprint density at radius 2 is 2.29 bits per heavy atom. The highest BCUT2D eigenvalue weighted by Crippen LogP contribution is 2.26. The zero-order chi connectivity index (χ0) is 14.8. The number of likely N-dealkylation sites (tertiary alicyclic amines) is 1. The molecule has 110 valence electrons. The van der Waals surface area contributed by atoms with E-state index in [1.807, 2.05) is 0 Å². The Balaban J connectivity index is 1.83. The summed E-state index contributed by atoms with van der Waals surface area (Å²) in [5.74, 6) is -1.26. The van der Waals surface area contributed by atoms with Crippen molar-refractivity contribution in [3.8, 4) is 10.6 Å². The minimum atomic E-state index is -0.951. The van der Waals surface area contributed by atoms with E-state index in [-0.39, 0.29) is 5.91 Å². The number of hydrogen-bond donors (Lipinski definition) is 1. The zero-order valence-electron chi connectivity index (χ0n) is 11.2. The molecule has 0 radical (unpaired) electrons. The highest BCUT2D eigenvalue weighted by molar-refractivity contribution is 7.13. The van der Waals surface area contributed by atoms with Crippen LogP contribution in [0.1, 0.15) is 29.8 Å². The van der Waals surface area contributed by atoms with Crippen molar-refractivity contribution >= 4 is 23.2 Å². The van der Waals surface area contributed by atoms with Gasteiger partial charge in [0.15, 0.2) is 0 Å². The van der Waals surface area contributed by atoms with Crippen LogP contribution in [0.5, 0.6) is 0 Å². The van der Waals surface area contributed by atoms with Crippen LogP contribution in [0.15, 0.2) is 28.4 Å². The fourth-order valence-electron chi connectivity index (χ4n) is 2.47. The summed E-state index contributed by atoms with van der Waals surface area (Å²) in [6.07, 6.45) is 5.27. The van der Waals surface area contributed by atoms with Crippen molar-refractivity contribution in [1.82, 2.24) is 9.88 Å². The van der Waals surface area contributed by atoms with E-state index in [4.69, 9.17) is 4.42 Å². The largest absolute Gasteiger partial charge is 0.480 e. The van der Waals surface area contributed by atoms with Crippen LogP contribution in [0.25, 0.3) is 10.6 Å². The molecule has 6 nitrogen and oxygen atoms in total. The van der Waals surface area contributed by atoms with Crippen molar-refractivity contribution in [2.24, 2.45) is 0 Å². The number of piperidine rings is 1. The summed E-state index contributed by atoms with van der Waals surface area (Å²) < 4.78 is 5.00. The second kappa shape index (κ2) is 5.69. The standard InChI is InChI=1S/C14H14N2O4S/c17-13(16-5-2-1-3-11(16)14(18)19)10-8-21-12(15-10)9-4-6-20-7-9/h4,6-8,11H,1-3,5H2,(H,18,19)/t11-/m1/s1. The van der Waals surface area contributed by atoms with E-state index < -0.39 is 12.0 Å². The summed E-state index contributed by atoms with van der Waals surface area (Å²) in [6.45, 7) is 0.467. The van der Waals surface area contributed by atoms with Gasteiger partial charge in [0.25, 0.3) is 5.91 Å². The minimum absolute atomic E-state index is 0.296. The molecule has 2 aromatic rings.